The summed E-state index contributed by atoms with van der Waals surface area (Å²) >= 11 is 0. The first-order valence-corrected chi connectivity index (χ1v) is 9.92. The van der Waals surface area contributed by atoms with E-state index >= 15 is 0 Å². The number of ether oxygens (including phenoxy) is 2. The number of carbonyl (C=O) groups is 1. The summed E-state index contributed by atoms with van der Waals surface area (Å²) in [4.78, 5) is 14.8. The number of carbonyl (C=O) groups excluding carboxylic acids is 1. The molecule has 0 radical (unpaired) electrons. The van der Waals surface area contributed by atoms with E-state index in [1.165, 1.54) is 18.4 Å². The quantitative estimate of drug-likeness (QED) is 0.702. The lowest BCUT2D eigenvalue weighted by Crippen LogP contribution is -2.38. The molecule has 3 rings (SSSR count). The number of likely N-dealkylation sites (tertiary alicyclic amines) is 1. The monoisotopic (exact) mass is 418 g/mol. The van der Waals surface area contributed by atoms with Gasteiger partial charge in [-0.15, -0.1) is 12.4 Å². The molecule has 1 aliphatic rings. The Morgan fingerprint density at radius 2 is 1.79 bits per heavy atom. The summed E-state index contributed by atoms with van der Waals surface area (Å²) in [7, 11) is 1.67. The van der Waals surface area contributed by atoms with E-state index in [0.29, 0.717) is 6.54 Å². The molecule has 29 heavy (non-hydrogen) atoms. The van der Waals surface area contributed by atoms with E-state index in [1.807, 2.05) is 44.2 Å². The van der Waals surface area contributed by atoms with Crippen LogP contribution in [-0.4, -0.2) is 44.2 Å². The predicted molar refractivity (Wildman–Crippen MR) is 118 cm³/mol. The number of amides is 1. The average Bonchev–Trinajstić information content (AvgIpc) is 3.24. The second kappa shape index (κ2) is 11.1. The molecule has 5 nitrogen and oxygen atoms in total. The van der Waals surface area contributed by atoms with E-state index in [-0.39, 0.29) is 31.0 Å². The fraction of sp³-hybridized carbons (Fsp3) is 0.435. The zero-order valence-electron chi connectivity index (χ0n) is 17.4. The highest BCUT2D eigenvalue weighted by atomic mass is 35.5. The van der Waals surface area contributed by atoms with Gasteiger partial charge >= 0.3 is 0 Å². The Morgan fingerprint density at radius 3 is 2.45 bits per heavy atom. The van der Waals surface area contributed by atoms with Gasteiger partial charge in [-0.1, -0.05) is 24.3 Å². The van der Waals surface area contributed by atoms with Crippen molar-refractivity contribution in [2.75, 3.05) is 33.4 Å². The Bertz CT molecular complexity index is 789. The number of nitrogens with one attached hydrogen (secondary N) is 1. The van der Waals surface area contributed by atoms with Crippen LogP contribution in [0.3, 0.4) is 0 Å². The zero-order chi connectivity index (χ0) is 19.9. The molecule has 1 fully saturated rings. The summed E-state index contributed by atoms with van der Waals surface area (Å²) in [6.07, 6.45) is 2.41. The maximum atomic E-state index is 12.4. The summed E-state index contributed by atoms with van der Waals surface area (Å²) < 4.78 is 11.0. The van der Waals surface area contributed by atoms with Crippen molar-refractivity contribution in [2.24, 2.45) is 0 Å². The minimum absolute atomic E-state index is 0. The van der Waals surface area contributed by atoms with E-state index < -0.39 is 0 Å². The molecule has 2 aromatic carbocycles. The first kappa shape index (κ1) is 23.0. The number of hydrogen-bond acceptors (Lipinski definition) is 4. The summed E-state index contributed by atoms with van der Waals surface area (Å²) in [5, 5.41) is 3.05. The molecule has 6 heteroatoms. The van der Waals surface area contributed by atoms with Gasteiger partial charge in [0.2, 0.25) is 0 Å². The SMILES string of the molecule is COc1ccc(C(CNC(=O)COc2cccc(C)c2C)N2CCCC2)cc1.Cl. The first-order chi connectivity index (χ1) is 13.6. The molecule has 2 aromatic rings. The van der Waals surface area contributed by atoms with E-state index in [2.05, 4.69) is 22.3 Å². The van der Waals surface area contributed by atoms with Crippen molar-refractivity contribution in [2.45, 2.75) is 32.7 Å². The summed E-state index contributed by atoms with van der Waals surface area (Å²) in [5.74, 6) is 1.51. The van der Waals surface area contributed by atoms with Crippen LogP contribution in [0.15, 0.2) is 42.5 Å². The van der Waals surface area contributed by atoms with E-state index in [0.717, 1.165) is 35.7 Å². The van der Waals surface area contributed by atoms with Crippen LogP contribution in [0.4, 0.5) is 0 Å². The van der Waals surface area contributed by atoms with E-state index in [9.17, 15) is 4.79 Å². The zero-order valence-corrected chi connectivity index (χ0v) is 18.3. The van der Waals surface area contributed by atoms with Crippen LogP contribution in [-0.2, 0) is 4.79 Å². The molecule has 1 amide bonds. The highest BCUT2D eigenvalue weighted by Gasteiger charge is 2.24. The molecule has 1 N–H and O–H groups in total. The van der Waals surface area contributed by atoms with Gasteiger partial charge in [0.05, 0.1) is 13.2 Å². The van der Waals surface area contributed by atoms with Crippen molar-refractivity contribution >= 4 is 18.3 Å². The molecule has 0 bridgehead atoms. The lowest BCUT2D eigenvalue weighted by Gasteiger charge is -2.28. The number of aryl methyl sites for hydroxylation is 1. The third-order valence-corrected chi connectivity index (χ3v) is 5.49. The van der Waals surface area contributed by atoms with Crippen LogP contribution < -0.4 is 14.8 Å². The Kier molecular flexibility index (Phi) is 8.80. The van der Waals surface area contributed by atoms with Crippen molar-refractivity contribution in [3.8, 4) is 11.5 Å². The molecular formula is C23H31ClN2O3. The second-order valence-corrected chi connectivity index (χ2v) is 7.32. The van der Waals surface area contributed by atoms with Gasteiger partial charge < -0.3 is 14.8 Å². The Balaban J connectivity index is 0.00000300. The number of rotatable bonds is 8. The number of methoxy groups -OCH3 is 1. The Labute approximate surface area is 179 Å². The van der Waals surface area contributed by atoms with Crippen LogP contribution in [0.5, 0.6) is 11.5 Å². The normalized spacial score (nSPS) is 14.7. The molecule has 0 spiro atoms. The van der Waals surface area contributed by atoms with Gasteiger partial charge in [0, 0.05) is 6.54 Å². The first-order valence-electron chi connectivity index (χ1n) is 9.92. The van der Waals surface area contributed by atoms with Gasteiger partial charge in [-0.05, 0) is 74.7 Å². The summed E-state index contributed by atoms with van der Waals surface area (Å²) in [6.45, 7) is 6.77. The van der Waals surface area contributed by atoms with E-state index in [1.54, 1.807) is 7.11 Å². The van der Waals surface area contributed by atoms with Crippen molar-refractivity contribution in [1.29, 1.82) is 0 Å². The molecular weight excluding hydrogens is 388 g/mol. The maximum absolute atomic E-state index is 12.4. The van der Waals surface area contributed by atoms with Gasteiger partial charge in [0.25, 0.3) is 5.91 Å². The highest BCUT2D eigenvalue weighted by molar-refractivity contribution is 5.85. The number of hydrogen-bond donors (Lipinski definition) is 1. The Hall–Kier alpha value is -2.24. The highest BCUT2D eigenvalue weighted by Crippen LogP contribution is 2.26. The number of halogens is 1. The lowest BCUT2D eigenvalue weighted by molar-refractivity contribution is -0.123. The lowest BCUT2D eigenvalue weighted by atomic mass is 10.1. The molecule has 1 atom stereocenters. The van der Waals surface area contributed by atoms with E-state index in [4.69, 9.17) is 9.47 Å². The molecule has 1 saturated heterocycles. The smallest absolute Gasteiger partial charge is 0.258 e. The van der Waals surface area contributed by atoms with Crippen LogP contribution in [0, 0.1) is 13.8 Å². The molecule has 158 valence electrons. The molecule has 0 aromatic heterocycles. The second-order valence-electron chi connectivity index (χ2n) is 7.32. The average molecular weight is 419 g/mol. The minimum Gasteiger partial charge on any atom is -0.497 e. The van der Waals surface area contributed by atoms with Gasteiger partial charge in [-0.2, -0.15) is 0 Å². The third-order valence-electron chi connectivity index (χ3n) is 5.49. The number of benzene rings is 2. The van der Waals surface area contributed by atoms with Crippen molar-refractivity contribution in [3.63, 3.8) is 0 Å². The third kappa shape index (κ3) is 6.12. The number of nitrogens with zero attached hydrogens (tertiary/aromatic N) is 1. The van der Waals surface area contributed by atoms with Gasteiger partial charge in [0.1, 0.15) is 11.5 Å². The van der Waals surface area contributed by atoms with Crippen LogP contribution in [0.1, 0.15) is 35.6 Å². The molecule has 0 aliphatic carbocycles. The van der Waals surface area contributed by atoms with Crippen molar-refractivity contribution < 1.29 is 14.3 Å². The fourth-order valence-electron chi connectivity index (χ4n) is 3.62. The standard InChI is InChI=1S/C23H30N2O3.ClH/c1-17-7-6-8-22(18(17)2)28-16-23(26)24-15-21(25-13-4-5-14-25)19-9-11-20(27-3)12-10-19;/h6-12,21H,4-5,13-16H2,1-3H3,(H,24,26);1H. The maximum Gasteiger partial charge on any atom is 0.258 e. The predicted octanol–water partition coefficient (Wildman–Crippen LogP) is 4.07. The summed E-state index contributed by atoms with van der Waals surface area (Å²) in [5.41, 5.74) is 3.42. The topological polar surface area (TPSA) is 50.8 Å². The van der Waals surface area contributed by atoms with Crippen LogP contribution >= 0.6 is 12.4 Å². The van der Waals surface area contributed by atoms with Gasteiger partial charge in [-0.25, -0.2) is 0 Å². The Morgan fingerprint density at radius 1 is 1.10 bits per heavy atom. The summed E-state index contributed by atoms with van der Waals surface area (Å²) in [6, 6.07) is 14.2. The fourth-order valence-corrected chi connectivity index (χ4v) is 3.62. The van der Waals surface area contributed by atoms with Gasteiger partial charge in [-0.3, -0.25) is 9.69 Å². The van der Waals surface area contributed by atoms with Crippen LogP contribution in [0.25, 0.3) is 0 Å². The molecule has 1 aliphatic heterocycles. The minimum atomic E-state index is -0.0985. The molecule has 0 saturated carbocycles. The van der Waals surface area contributed by atoms with Crippen molar-refractivity contribution in [1.82, 2.24) is 10.2 Å². The largest absolute Gasteiger partial charge is 0.497 e. The van der Waals surface area contributed by atoms with Crippen molar-refractivity contribution in [3.05, 3.63) is 59.2 Å². The van der Waals surface area contributed by atoms with Crippen LogP contribution in [0.2, 0.25) is 0 Å². The molecule has 1 unspecified atom stereocenters. The molecule has 1 heterocycles. The van der Waals surface area contributed by atoms with Gasteiger partial charge in [0.15, 0.2) is 6.61 Å².